The molecule has 0 aromatic carbocycles. The summed E-state index contributed by atoms with van der Waals surface area (Å²) in [6.07, 6.45) is 6.74. The van der Waals surface area contributed by atoms with E-state index in [0.29, 0.717) is 0 Å². The molecular formula is C18H36N2O3. The van der Waals surface area contributed by atoms with E-state index in [1.54, 1.807) is 0 Å². The van der Waals surface area contributed by atoms with Crippen LogP contribution in [0.3, 0.4) is 0 Å². The number of hydroxylamine groups is 4. The van der Waals surface area contributed by atoms with Crippen LogP contribution in [0.4, 0.5) is 0 Å². The van der Waals surface area contributed by atoms with Crippen molar-refractivity contribution in [1.29, 1.82) is 0 Å². The van der Waals surface area contributed by atoms with E-state index in [2.05, 4.69) is 55.4 Å². The van der Waals surface area contributed by atoms with E-state index in [1.165, 1.54) is 12.8 Å². The molecule has 5 nitrogen and oxygen atoms in total. The van der Waals surface area contributed by atoms with Crippen LogP contribution in [-0.2, 0) is 15.0 Å². The first-order valence-electron chi connectivity index (χ1n) is 9.01. The van der Waals surface area contributed by atoms with Gasteiger partial charge in [-0.15, -0.1) is 20.1 Å². The van der Waals surface area contributed by atoms with E-state index in [0.717, 1.165) is 25.7 Å². The minimum atomic E-state index is -0.0714. The Balaban J connectivity index is 2.00. The smallest absolute Gasteiger partial charge is 0.0444 e. The predicted octanol–water partition coefficient (Wildman–Crippen LogP) is 4.78. The summed E-state index contributed by atoms with van der Waals surface area (Å²) < 4.78 is 0. The molecule has 5 heteroatoms. The molecule has 0 bridgehead atoms. The van der Waals surface area contributed by atoms with Crippen LogP contribution in [0.1, 0.15) is 93.9 Å². The van der Waals surface area contributed by atoms with Crippen molar-refractivity contribution in [1.82, 2.24) is 10.1 Å². The summed E-state index contributed by atoms with van der Waals surface area (Å²) in [7, 11) is 0. The Morgan fingerprint density at radius 2 is 0.783 bits per heavy atom. The monoisotopic (exact) mass is 328 g/mol. The van der Waals surface area contributed by atoms with Crippen molar-refractivity contribution in [3.63, 3.8) is 0 Å². The van der Waals surface area contributed by atoms with Crippen molar-refractivity contribution in [2.75, 3.05) is 0 Å². The van der Waals surface area contributed by atoms with Gasteiger partial charge in [0.1, 0.15) is 0 Å². The number of piperidine rings is 2. The molecule has 2 saturated heterocycles. The quantitative estimate of drug-likeness (QED) is 0.548. The molecule has 2 fully saturated rings. The molecule has 0 aliphatic carbocycles. The summed E-state index contributed by atoms with van der Waals surface area (Å²) in [4.78, 5) is 11.3. The number of hydrogen-bond acceptors (Lipinski definition) is 5. The van der Waals surface area contributed by atoms with Gasteiger partial charge in [0.15, 0.2) is 0 Å². The van der Waals surface area contributed by atoms with Gasteiger partial charge >= 0.3 is 0 Å². The summed E-state index contributed by atoms with van der Waals surface area (Å²) >= 11 is 0. The molecular weight excluding hydrogens is 292 g/mol. The van der Waals surface area contributed by atoms with Crippen molar-refractivity contribution in [3.8, 4) is 0 Å². The first-order valence-corrected chi connectivity index (χ1v) is 9.01. The average molecular weight is 328 g/mol. The minimum absolute atomic E-state index is 0.0714. The fourth-order valence-corrected chi connectivity index (χ4v) is 4.43. The van der Waals surface area contributed by atoms with Crippen LogP contribution < -0.4 is 0 Å². The predicted molar refractivity (Wildman–Crippen MR) is 91.0 cm³/mol. The van der Waals surface area contributed by atoms with Crippen LogP contribution in [0.15, 0.2) is 0 Å². The van der Waals surface area contributed by atoms with Gasteiger partial charge in [0.25, 0.3) is 0 Å². The maximum atomic E-state index is 5.67. The van der Waals surface area contributed by atoms with Crippen molar-refractivity contribution in [2.24, 2.45) is 0 Å². The second-order valence-corrected chi connectivity index (χ2v) is 9.76. The molecule has 2 aliphatic heterocycles. The van der Waals surface area contributed by atoms with Crippen LogP contribution in [0, 0.1) is 0 Å². The van der Waals surface area contributed by atoms with E-state index < -0.39 is 0 Å². The van der Waals surface area contributed by atoms with Gasteiger partial charge < -0.3 is 0 Å². The summed E-state index contributed by atoms with van der Waals surface area (Å²) in [5.74, 6) is 0. The second kappa shape index (κ2) is 6.26. The van der Waals surface area contributed by atoms with Crippen LogP contribution in [-0.4, -0.2) is 32.3 Å². The van der Waals surface area contributed by atoms with Crippen molar-refractivity contribution in [3.05, 3.63) is 0 Å². The number of hydrogen-bond donors (Lipinski definition) is 0. The Morgan fingerprint density at radius 1 is 0.522 bits per heavy atom. The minimum Gasteiger partial charge on any atom is -0.143 e. The topological polar surface area (TPSA) is 34.2 Å². The highest BCUT2D eigenvalue weighted by atomic mass is 17.6. The highest BCUT2D eigenvalue weighted by molar-refractivity contribution is 4.93. The average Bonchev–Trinajstić information content (AvgIpc) is 2.33. The van der Waals surface area contributed by atoms with Crippen LogP contribution in [0.2, 0.25) is 0 Å². The Labute approximate surface area is 142 Å². The van der Waals surface area contributed by atoms with Crippen LogP contribution >= 0.6 is 0 Å². The Hall–Kier alpha value is -0.200. The molecule has 2 rings (SSSR count). The fourth-order valence-electron chi connectivity index (χ4n) is 4.43. The summed E-state index contributed by atoms with van der Waals surface area (Å²) in [6.45, 7) is 17.5. The lowest BCUT2D eigenvalue weighted by atomic mass is 9.82. The largest absolute Gasteiger partial charge is 0.143 e. The molecule has 2 aliphatic rings. The van der Waals surface area contributed by atoms with Crippen molar-refractivity contribution < 1.29 is 15.0 Å². The van der Waals surface area contributed by atoms with Gasteiger partial charge in [0.05, 0.1) is 0 Å². The summed E-state index contributed by atoms with van der Waals surface area (Å²) in [5, 5.41) is 9.21. The van der Waals surface area contributed by atoms with Gasteiger partial charge in [-0.3, -0.25) is 0 Å². The summed E-state index contributed by atoms with van der Waals surface area (Å²) in [6, 6.07) is 0. The number of nitrogens with zero attached hydrogens (tertiary/aromatic N) is 2. The van der Waals surface area contributed by atoms with Gasteiger partial charge in [-0.25, -0.2) is 0 Å². The normalized spacial score (nSPS) is 30.3. The van der Waals surface area contributed by atoms with Gasteiger partial charge in [-0.05, 0) is 99.0 Å². The lowest BCUT2D eigenvalue weighted by molar-refractivity contribution is -0.662. The Kier molecular flexibility index (Phi) is 5.21. The highest BCUT2D eigenvalue weighted by Gasteiger charge is 2.46. The number of rotatable bonds is 4. The standard InChI is InChI=1S/C18H36N2O3/c1-15(2)11-9-12-16(3,4)19(15)21-23-22-20-17(5,6)13-10-14-18(20,7)8/h9-14H2,1-8H3. The molecule has 0 N–H and O–H groups in total. The van der Waals surface area contributed by atoms with E-state index in [9.17, 15) is 0 Å². The zero-order valence-corrected chi connectivity index (χ0v) is 16.4. The lowest BCUT2D eigenvalue weighted by Gasteiger charge is -2.51. The third kappa shape index (κ3) is 4.07. The summed E-state index contributed by atoms with van der Waals surface area (Å²) in [5.41, 5.74) is -0.286. The van der Waals surface area contributed by atoms with Crippen molar-refractivity contribution in [2.45, 2.75) is 116 Å². The first-order chi connectivity index (χ1) is 10.4. The first kappa shape index (κ1) is 19.1. The maximum absolute atomic E-state index is 5.67. The lowest BCUT2D eigenvalue weighted by Crippen LogP contribution is -2.60. The van der Waals surface area contributed by atoms with Gasteiger partial charge in [0.2, 0.25) is 0 Å². The molecule has 2 heterocycles. The fraction of sp³-hybridized carbons (Fsp3) is 1.00. The van der Waals surface area contributed by atoms with E-state index >= 15 is 0 Å². The third-order valence-corrected chi connectivity index (χ3v) is 5.56. The maximum Gasteiger partial charge on any atom is 0.0444 e. The Morgan fingerprint density at radius 3 is 1.04 bits per heavy atom. The van der Waals surface area contributed by atoms with Gasteiger partial charge in [0, 0.05) is 22.2 Å². The van der Waals surface area contributed by atoms with E-state index in [-0.39, 0.29) is 22.2 Å². The van der Waals surface area contributed by atoms with Gasteiger partial charge in [-0.1, -0.05) is 0 Å². The molecule has 0 unspecified atom stereocenters. The van der Waals surface area contributed by atoms with E-state index in [4.69, 9.17) is 15.0 Å². The molecule has 0 aromatic rings. The molecule has 23 heavy (non-hydrogen) atoms. The molecule has 0 amide bonds. The Bertz CT molecular complexity index is 348. The molecule has 0 atom stereocenters. The van der Waals surface area contributed by atoms with Crippen LogP contribution in [0.5, 0.6) is 0 Å². The second-order valence-electron chi connectivity index (χ2n) is 9.76. The SMILES string of the molecule is CC1(C)CCCC(C)(C)N1OOON1C(C)(C)CCCC1(C)C. The third-order valence-electron chi connectivity index (χ3n) is 5.56. The zero-order valence-electron chi connectivity index (χ0n) is 16.4. The zero-order chi connectivity index (χ0) is 17.5. The van der Waals surface area contributed by atoms with E-state index in [1.807, 2.05) is 10.1 Å². The molecule has 0 radical (unpaired) electrons. The molecule has 0 aromatic heterocycles. The molecule has 0 saturated carbocycles. The highest BCUT2D eigenvalue weighted by Crippen LogP contribution is 2.40. The van der Waals surface area contributed by atoms with Crippen molar-refractivity contribution >= 4 is 0 Å². The van der Waals surface area contributed by atoms with Crippen LogP contribution in [0.25, 0.3) is 0 Å². The molecule has 0 spiro atoms. The molecule has 136 valence electrons. The van der Waals surface area contributed by atoms with Gasteiger partial charge in [-0.2, -0.15) is 0 Å².